The van der Waals surface area contributed by atoms with Crippen molar-refractivity contribution in [1.29, 1.82) is 0 Å². The summed E-state index contributed by atoms with van der Waals surface area (Å²) in [6.45, 7) is 0.227. The van der Waals surface area contributed by atoms with Gasteiger partial charge < -0.3 is 10.3 Å². The van der Waals surface area contributed by atoms with Gasteiger partial charge in [0.2, 0.25) is 5.17 Å². The molecule has 0 bridgehead atoms. The fourth-order valence-electron chi connectivity index (χ4n) is 2.20. The minimum absolute atomic E-state index is 0.227. The smallest absolute Gasteiger partial charge is 0.328 e. The molecule has 0 unspecified atom stereocenters. The Balaban J connectivity index is 1.81. The first kappa shape index (κ1) is 16.9. The van der Waals surface area contributed by atoms with Crippen LogP contribution in [0.3, 0.4) is 0 Å². The van der Waals surface area contributed by atoms with Gasteiger partial charge >= 0.3 is 10.1 Å². The molecule has 0 fully saturated rings. The second kappa shape index (κ2) is 7.29. The van der Waals surface area contributed by atoms with Crippen LogP contribution in [-0.2, 0) is 16.7 Å². The number of hydrogen-bond donors (Lipinski definition) is 3. The maximum Gasteiger partial charge on any atom is 0.328 e. The molecule has 0 amide bonds. The molecule has 3 N–H and O–H groups in total. The van der Waals surface area contributed by atoms with Crippen molar-refractivity contribution in [3.63, 3.8) is 0 Å². The zero-order valence-corrected chi connectivity index (χ0v) is 13.9. The number of benzene rings is 2. The van der Waals surface area contributed by atoms with E-state index in [9.17, 15) is 13.0 Å². The molecule has 0 aliphatic rings. The molecule has 3 rings (SSSR count). The second-order valence-electron chi connectivity index (χ2n) is 5.23. The van der Waals surface area contributed by atoms with Gasteiger partial charge in [-0.15, -0.1) is 0 Å². The molecule has 1 aromatic heterocycles. The summed E-state index contributed by atoms with van der Waals surface area (Å²) >= 11 is 0. The number of aromatic amines is 1. The van der Waals surface area contributed by atoms with Crippen molar-refractivity contribution in [3.05, 3.63) is 72.7 Å². The quantitative estimate of drug-likeness (QED) is 0.378. The van der Waals surface area contributed by atoms with Crippen molar-refractivity contribution in [2.24, 2.45) is 4.99 Å². The summed E-state index contributed by atoms with van der Waals surface area (Å²) in [4.78, 5) is 11.0. The number of aromatic nitrogens is 2. The lowest BCUT2D eigenvalue weighted by Crippen LogP contribution is -2.30. The van der Waals surface area contributed by atoms with Gasteiger partial charge in [-0.1, -0.05) is 42.5 Å². The molecule has 7 nitrogen and oxygen atoms in total. The number of H-pyrrole nitrogens is 1. The summed E-state index contributed by atoms with van der Waals surface area (Å²) in [5.74, 6) is 0. The van der Waals surface area contributed by atoms with Crippen LogP contribution in [0.25, 0.3) is 11.3 Å². The predicted octanol–water partition coefficient (Wildman–Crippen LogP) is 2.74. The summed E-state index contributed by atoms with van der Waals surface area (Å²) < 4.78 is 32.5. The number of aliphatic imine (C=N–C) groups is 1. The Morgan fingerprint density at radius 2 is 1.84 bits per heavy atom. The monoisotopic (exact) mass is 356 g/mol. The maximum absolute atomic E-state index is 11.6. The third-order valence-corrected chi connectivity index (χ3v) is 4.15. The van der Waals surface area contributed by atoms with E-state index in [2.05, 4.69) is 20.3 Å². The summed E-state index contributed by atoms with van der Waals surface area (Å²) in [5.41, 5.74) is 2.90. The average Bonchev–Trinajstić information content (AvgIpc) is 3.13. The lowest BCUT2D eigenvalue weighted by Gasteiger charge is -2.07. The van der Waals surface area contributed by atoms with E-state index >= 15 is 0 Å². The Bertz CT molecular complexity index is 951. The number of nitrogens with zero attached hydrogens (tertiary/aromatic N) is 2. The lowest BCUT2D eigenvalue weighted by molar-refractivity contribution is 0.496. The third kappa shape index (κ3) is 4.52. The Labute approximate surface area is 145 Å². The molecule has 0 aliphatic heterocycles. The maximum atomic E-state index is 11.6. The van der Waals surface area contributed by atoms with Crippen molar-refractivity contribution in [1.82, 2.24) is 15.3 Å². The molecule has 8 heteroatoms. The normalized spacial score (nSPS) is 12.1. The van der Waals surface area contributed by atoms with Crippen LogP contribution in [0.15, 0.2) is 72.1 Å². The van der Waals surface area contributed by atoms with Crippen LogP contribution < -0.4 is 5.32 Å². The molecule has 25 heavy (non-hydrogen) atoms. The number of imidazole rings is 1. The molecule has 0 saturated carbocycles. The van der Waals surface area contributed by atoms with Crippen LogP contribution >= 0.6 is 0 Å². The van der Waals surface area contributed by atoms with Crippen LogP contribution in [0, 0.1) is 0 Å². The van der Waals surface area contributed by atoms with E-state index in [1.807, 2.05) is 30.3 Å². The van der Waals surface area contributed by atoms with Crippen molar-refractivity contribution in [2.75, 3.05) is 0 Å². The number of nitrogens with one attached hydrogen (secondary N) is 2. The Kier molecular flexibility index (Phi) is 4.92. The molecular weight excluding hydrogens is 340 g/mol. The fourth-order valence-corrected chi connectivity index (χ4v) is 2.68. The highest BCUT2D eigenvalue weighted by atomic mass is 32.2. The van der Waals surface area contributed by atoms with E-state index in [0.717, 1.165) is 16.8 Å². The Morgan fingerprint density at radius 1 is 1.12 bits per heavy atom. The van der Waals surface area contributed by atoms with Crippen LogP contribution in [0.2, 0.25) is 0 Å². The van der Waals surface area contributed by atoms with Gasteiger partial charge in [0, 0.05) is 18.3 Å². The topological polar surface area (TPSA) is 107 Å². The predicted molar refractivity (Wildman–Crippen MR) is 95.9 cm³/mol. The van der Waals surface area contributed by atoms with Crippen LogP contribution in [-0.4, -0.2) is 28.1 Å². The van der Waals surface area contributed by atoms with E-state index in [1.165, 1.54) is 0 Å². The first-order valence-corrected chi connectivity index (χ1v) is 8.89. The Hall–Kier alpha value is -2.97. The largest absolute Gasteiger partial charge is 0.354 e. The highest BCUT2D eigenvalue weighted by Gasteiger charge is 2.16. The zero-order valence-electron chi connectivity index (χ0n) is 13.1. The van der Waals surface area contributed by atoms with Gasteiger partial charge in [-0.2, -0.15) is 8.42 Å². The summed E-state index contributed by atoms with van der Waals surface area (Å²) in [6.07, 6.45) is 3.33. The average molecular weight is 356 g/mol. The standard InChI is InChI=1S/C17H16N4O3S/c22-25(23,24)17(19-10-13-4-2-1-3-5-13)21-15-8-6-14(7-9-15)16-11-18-12-20-16/h1-9,11-12H,10H2,(H,18,20)(H,19,21)(H,22,23,24). The second-order valence-corrected chi connectivity index (χ2v) is 6.57. The molecule has 0 saturated heterocycles. The van der Waals surface area contributed by atoms with Gasteiger partial charge in [0.15, 0.2) is 0 Å². The lowest BCUT2D eigenvalue weighted by atomic mass is 10.1. The van der Waals surface area contributed by atoms with Crippen molar-refractivity contribution < 1.29 is 13.0 Å². The summed E-state index contributed by atoms with van der Waals surface area (Å²) in [7, 11) is -4.47. The minimum Gasteiger partial charge on any atom is -0.354 e. The van der Waals surface area contributed by atoms with Gasteiger partial charge in [0.25, 0.3) is 0 Å². The first-order valence-electron chi connectivity index (χ1n) is 7.45. The Morgan fingerprint density at radius 3 is 2.44 bits per heavy atom. The molecule has 2 aromatic carbocycles. The molecular formula is C17H16N4O3S. The van der Waals surface area contributed by atoms with Crippen molar-refractivity contribution in [3.8, 4) is 11.3 Å². The van der Waals surface area contributed by atoms with E-state index in [0.29, 0.717) is 5.69 Å². The van der Waals surface area contributed by atoms with E-state index < -0.39 is 15.3 Å². The molecule has 0 aliphatic carbocycles. The number of hydrogen-bond acceptors (Lipinski definition) is 4. The number of amidine groups is 1. The number of rotatable bonds is 4. The summed E-state index contributed by atoms with van der Waals surface area (Å²) in [5, 5.41) is 2.16. The van der Waals surface area contributed by atoms with Crippen molar-refractivity contribution in [2.45, 2.75) is 6.54 Å². The summed E-state index contributed by atoms with van der Waals surface area (Å²) in [6, 6.07) is 16.1. The molecule has 0 atom stereocenters. The molecule has 0 radical (unpaired) electrons. The van der Waals surface area contributed by atoms with Gasteiger partial charge in [0.1, 0.15) is 0 Å². The molecule has 3 aromatic rings. The van der Waals surface area contributed by atoms with Gasteiger partial charge in [0.05, 0.1) is 17.7 Å². The van der Waals surface area contributed by atoms with E-state index in [1.54, 1.807) is 36.8 Å². The van der Waals surface area contributed by atoms with E-state index in [-0.39, 0.29) is 6.54 Å². The van der Waals surface area contributed by atoms with Gasteiger partial charge in [-0.25, -0.2) is 9.98 Å². The highest BCUT2D eigenvalue weighted by molar-refractivity contribution is 8.01. The van der Waals surface area contributed by atoms with Crippen LogP contribution in [0.4, 0.5) is 5.69 Å². The molecule has 0 spiro atoms. The van der Waals surface area contributed by atoms with Gasteiger partial charge in [-0.05, 0) is 17.7 Å². The SMILES string of the molecule is O=S(=O)(O)/C(=N/c1ccc(-c2c[nH]cn2)cc1)NCc1ccccc1. The van der Waals surface area contributed by atoms with E-state index in [4.69, 9.17) is 0 Å². The first-order chi connectivity index (χ1) is 12.0. The molecule has 128 valence electrons. The zero-order chi connectivity index (χ0) is 17.7. The minimum atomic E-state index is -4.47. The van der Waals surface area contributed by atoms with Crippen LogP contribution in [0.5, 0.6) is 0 Å². The molecule has 1 heterocycles. The van der Waals surface area contributed by atoms with Crippen molar-refractivity contribution >= 4 is 21.0 Å². The fraction of sp³-hybridized carbons (Fsp3) is 0.0588. The van der Waals surface area contributed by atoms with Gasteiger partial charge in [-0.3, -0.25) is 4.55 Å². The van der Waals surface area contributed by atoms with Crippen LogP contribution in [0.1, 0.15) is 5.56 Å². The third-order valence-electron chi connectivity index (χ3n) is 3.42. The highest BCUT2D eigenvalue weighted by Crippen LogP contribution is 2.20.